The van der Waals surface area contributed by atoms with Gasteiger partial charge in [-0.25, -0.2) is 0 Å². The molecule has 2 aliphatic carbocycles. The second kappa shape index (κ2) is 7.13. The van der Waals surface area contributed by atoms with Crippen LogP contribution in [0.25, 0.3) is 0 Å². The molecule has 3 rings (SSSR count). The van der Waals surface area contributed by atoms with Gasteiger partial charge in [-0.1, -0.05) is 39.0 Å². The first kappa shape index (κ1) is 16.1. The molecule has 0 bridgehead atoms. The third-order valence-electron chi connectivity index (χ3n) is 5.59. The van der Waals surface area contributed by atoms with Crippen molar-refractivity contribution in [3.05, 3.63) is 0 Å². The monoisotopic (exact) mass is 300 g/mol. The molecule has 1 saturated heterocycles. The van der Waals surface area contributed by atoms with E-state index >= 15 is 0 Å². The summed E-state index contributed by atoms with van der Waals surface area (Å²) in [5.41, 5.74) is 0. The Kier molecular flexibility index (Phi) is 5.74. The normalized spacial score (nSPS) is 37.9. The lowest BCUT2D eigenvalue weighted by atomic mass is 9.85. The Hall–Kier alpha value is -0.280. The molecule has 2 saturated carbocycles. The third-order valence-corrected chi connectivity index (χ3v) is 5.59. The lowest BCUT2D eigenvalue weighted by Crippen LogP contribution is -2.50. The van der Waals surface area contributed by atoms with Gasteiger partial charge in [0.1, 0.15) is 0 Å². The van der Waals surface area contributed by atoms with Crippen LogP contribution in [0.1, 0.15) is 51.9 Å². The lowest BCUT2D eigenvalue weighted by Gasteiger charge is -2.30. The summed E-state index contributed by atoms with van der Waals surface area (Å²) in [7, 11) is 0. The highest BCUT2D eigenvalue weighted by Gasteiger charge is 2.47. The van der Waals surface area contributed by atoms with E-state index in [2.05, 4.69) is 17.6 Å². The zero-order valence-corrected chi connectivity index (χ0v) is 13.4. The molecule has 1 heterocycles. The Morgan fingerprint density at radius 2 is 1.90 bits per heavy atom. The van der Waals surface area contributed by atoms with Crippen LogP contribution in [0.15, 0.2) is 0 Å². The van der Waals surface area contributed by atoms with Crippen molar-refractivity contribution in [1.82, 2.24) is 10.6 Å². The van der Waals surface area contributed by atoms with Crippen molar-refractivity contribution >= 4 is 18.3 Å². The van der Waals surface area contributed by atoms with Crippen molar-refractivity contribution < 1.29 is 4.79 Å². The molecule has 0 radical (unpaired) electrons. The molecule has 0 aromatic heterocycles. The quantitative estimate of drug-likeness (QED) is 0.841. The highest BCUT2D eigenvalue weighted by Crippen LogP contribution is 2.49. The van der Waals surface area contributed by atoms with Crippen LogP contribution >= 0.6 is 12.4 Å². The van der Waals surface area contributed by atoms with E-state index in [9.17, 15) is 4.79 Å². The fraction of sp³-hybridized carbons (Fsp3) is 0.938. The van der Waals surface area contributed by atoms with Crippen LogP contribution in [0, 0.1) is 23.7 Å². The van der Waals surface area contributed by atoms with Crippen LogP contribution < -0.4 is 10.6 Å². The number of amides is 1. The smallest absolute Gasteiger partial charge is 0.223 e. The maximum absolute atomic E-state index is 12.3. The van der Waals surface area contributed by atoms with Gasteiger partial charge >= 0.3 is 0 Å². The maximum Gasteiger partial charge on any atom is 0.223 e. The fourth-order valence-electron chi connectivity index (χ4n) is 4.07. The van der Waals surface area contributed by atoms with Gasteiger partial charge in [0.2, 0.25) is 5.91 Å². The Bertz CT molecular complexity index is 330. The van der Waals surface area contributed by atoms with Crippen molar-refractivity contribution in [3.63, 3.8) is 0 Å². The lowest BCUT2D eigenvalue weighted by molar-refractivity contribution is -0.124. The van der Waals surface area contributed by atoms with Crippen LogP contribution in [-0.2, 0) is 4.79 Å². The van der Waals surface area contributed by atoms with Crippen LogP contribution in [0.2, 0.25) is 0 Å². The standard InChI is InChI=1S/C16H28N2O.ClH/c1-11-7-8-17-10-15(11)18-16(19)14-9-13(14)12-5-3-2-4-6-12;/h11-15,17H,2-10H2,1H3,(H,18,19);1H. The van der Waals surface area contributed by atoms with E-state index in [1.54, 1.807) is 0 Å². The largest absolute Gasteiger partial charge is 0.352 e. The summed E-state index contributed by atoms with van der Waals surface area (Å²) in [5, 5.41) is 6.69. The molecule has 116 valence electrons. The molecule has 0 spiro atoms. The van der Waals surface area contributed by atoms with E-state index < -0.39 is 0 Å². The molecule has 2 N–H and O–H groups in total. The summed E-state index contributed by atoms with van der Waals surface area (Å²) >= 11 is 0. The molecule has 3 aliphatic rings. The van der Waals surface area contributed by atoms with Crippen LogP contribution in [0.3, 0.4) is 0 Å². The fourth-order valence-corrected chi connectivity index (χ4v) is 4.07. The second-order valence-electron chi connectivity index (χ2n) is 6.99. The van der Waals surface area contributed by atoms with Crippen molar-refractivity contribution in [2.45, 2.75) is 57.9 Å². The van der Waals surface area contributed by atoms with Gasteiger partial charge in [-0.3, -0.25) is 4.79 Å². The number of hydrogen-bond donors (Lipinski definition) is 2. The summed E-state index contributed by atoms with van der Waals surface area (Å²) in [5.74, 6) is 2.88. The number of halogens is 1. The van der Waals surface area contributed by atoms with Gasteiger partial charge in [-0.05, 0) is 37.1 Å². The van der Waals surface area contributed by atoms with Gasteiger partial charge in [-0.2, -0.15) is 0 Å². The maximum atomic E-state index is 12.3. The minimum absolute atomic E-state index is 0. The molecule has 0 aromatic carbocycles. The first-order valence-corrected chi connectivity index (χ1v) is 8.27. The van der Waals surface area contributed by atoms with Crippen molar-refractivity contribution in [2.24, 2.45) is 23.7 Å². The molecule has 3 fully saturated rings. The summed E-state index contributed by atoms with van der Waals surface area (Å²) in [6.07, 6.45) is 9.27. The zero-order valence-electron chi connectivity index (χ0n) is 12.6. The molecule has 1 amide bonds. The summed E-state index contributed by atoms with van der Waals surface area (Å²) in [4.78, 5) is 12.3. The van der Waals surface area contributed by atoms with Gasteiger partial charge in [0.05, 0.1) is 0 Å². The topological polar surface area (TPSA) is 41.1 Å². The predicted octanol–water partition coefficient (Wildman–Crippen LogP) is 2.74. The number of rotatable bonds is 3. The second-order valence-corrected chi connectivity index (χ2v) is 6.99. The van der Waals surface area contributed by atoms with E-state index in [1.807, 2.05) is 0 Å². The average molecular weight is 301 g/mol. The van der Waals surface area contributed by atoms with E-state index in [4.69, 9.17) is 0 Å². The van der Waals surface area contributed by atoms with Crippen molar-refractivity contribution in [3.8, 4) is 0 Å². The van der Waals surface area contributed by atoms with E-state index in [0.717, 1.165) is 25.4 Å². The van der Waals surface area contributed by atoms with Crippen molar-refractivity contribution in [2.75, 3.05) is 13.1 Å². The molecule has 4 unspecified atom stereocenters. The number of carbonyl (C=O) groups is 1. The Balaban J connectivity index is 0.00000147. The minimum Gasteiger partial charge on any atom is -0.352 e. The summed E-state index contributed by atoms with van der Waals surface area (Å²) in [6, 6.07) is 0.355. The average Bonchev–Trinajstić information content (AvgIpc) is 3.23. The number of piperidine rings is 1. The van der Waals surface area contributed by atoms with Crippen LogP contribution in [0.5, 0.6) is 0 Å². The Labute approximate surface area is 129 Å². The van der Waals surface area contributed by atoms with E-state index in [0.29, 0.717) is 29.7 Å². The highest BCUT2D eigenvalue weighted by atomic mass is 35.5. The number of carbonyl (C=O) groups excluding carboxylic acids is 1. The first-order valence-electron chi connectivity index (χ1n) is 8.27. The van der Waals surface area contributed by atoms with E-state index in [-0.39, 0.29) is 12.4 Å². The summed E-state index contributed by atoms with van der Waals surface area (Å²) < 4.78 is 0. The van der Waals surface area contributed by atoms with Gasteiger partial charge < -0.3 is 10.6 Å². The molecular weight excluding hydrogens is 272 g/mol. The molecule has 4 heteroatoms. The first-order chi connectivity index (χ1) is 9.25. The number of nitrogens with one attached hydrogen (secondary N) is 2. The van der Waals surface area contributed by atoms with Gasteiger partial charge in [-0.15, -0.1) is 12.4 Å². The molecule has 20 heavy (non-hydrogen) atoms. The van der Waals surface area contributed by atoms with Gasteiger partial charge in [0, 0.05) is 18.5 Å². The molecule has 0 aromatic rings. The molecule has 3 nitrogen and oxygen atoms in total. The van der Waals surface area contributed by atoms with E-state index in [1.165, 1.54) is 38.5 Å². The third kappa shape index (κ3) is 3.67. The van der Waals surface area contributed by atoms with Gasteiger partial charge in [0.15, 0.2) is 0 Å². The molecule has 4 atom stereocenters. The minimum atomic E-state index is 0. The summed E-state index contributed by atoms with van der Waals surface area (Å²) in [6.45, 7) is 4.31. The Morgan fingerprint density at radius 3 is 2.60 bits per heavy atom. The Morgan fingerprint density at radius 1 is 1.15 bits per heavy atom. The van der Waals surface area contributed by atoms with Gasteiger partial charge in [0.25, 0.3) is 0 Å². The highest BCUT2D eigenvalue weighted by molar-refractivity contribution is 5.85. The number of hydrogen-bond acceptors (Lipinski definition) is 2. The van der Waals surface area contributed by atoms with Crippen LogP contribution in [-0.4, -0.2) is 25.0 Å². The predicted molar refractivity (Wildman–Crippen MR) is 84.0 cm³/mol. The van der Waals surface area contributed by atoms with Crippen molar-refractivity contribution in [1.29, 1.82) is 0 Å². The van der Waals surface area contributed by atoms with Crippen LogP contribution in [0.4, 0.5) is 0 Å². The molecule has 1 aliphatic heterocycles. The zero-order chi connectivity index (χ0) is 13.2. The SMILES string of the molecule is CC1CCNCC1NC(=O)C1CC1C1CCCCC1.Cl. The molecular formula is C16H29ClN2O.